The molecule has 0 N–H and O–H groups in total. The Labute approximate surface area is 221 Å². The summed E-state index contributed by atoms with van der Waals surface area (Å²) < 4.78 is 31.7. The second-order valence-electron chi connectivity index (χ2n) is 11.2. The zero-order valence-corrected chi connectivity index (χ0v) is 23.7. The first kappa shape index (κ1) is 27.8. The molecular weight excluding hydrogens is 486 g/mol. The molecule has 2 heterocycles. The zero-order valence-electron chi connectivity index (χ0n) is 22.7. The van der Waals surface area contributed by atoms with Crippen LogP contribution >= 0.6 is 0 Å². The summed E-state index contributed by atoms with van der Waals surface area (Å²) in [4.78, 5) is 3.07. The molecule has 0 aliphatic carbocycles. The van der Waals surface area contributed by atoms with Crippen molar-refractivity contribution in [1.29, 1.82) is 0 Å². The number of hydrogen-bond acceptors (Lipinski definition) is 6. The van der Waals surface area contributed by atoms with E-state index in [2.05, 4.69) is 79.3 Å². The van der Waals surface area contributed by atoms with Crippen LogP contribution in [0.3, 0.4) is 0 Å². The fourth-order valence-electron chi connectivity index (χ4n) is 5.70. The Hall–Kier alpha value is -2.23. The minimum atomic E-state index is -2.78. The van der Waals surface area contributed by atoms with Gasteiger partial charge in [-0.25, -0.2) is 0 Å². The summed E-state index contributed by atoms with van der Waals surface area (Å²) >= 11 is 0. The monoisotopic (exact) mass is 525 g/mol. The number of hydrogen-bond donors (Lipinski definition) is 0. The summed E-state index contributed by atoms with van der Waals surface area (Å²) in [6.45, 7) is 10.8. The summed E-state index contributed by atoms with van der Waals surface area (Å²) in [5, 5.41) is 6.26. The minimum absolute atomic E-state index is 0.170. The van der Waals surface area contributed by atoms with Gasteiger partial charge in [-0.15, -0.1) is 0 Å². The third kappa shape index (κ3) is 5.78. The standard InChI is InChI=1S/C28H39N3O5Si/c1-27(2,3)37(20-13-9-7-10-14-20,21-15-11-8-12-16-21)33-19-23-26(36-28(4,5)35-23)25-22(30-31-29)17-18-24(32-6)34-25/h7-16,22-26H,17-19H2,1-6H3/t22-,23+,24-,25-,26-/m1/s1. The van der Waals surface area contributed by atoms with Crippen LogP contribution in [-0.2, 0) is 23.4 Å². The lowest BCUT2D eigenvalue weighted by Gasteiger charge is -2.44. The van der Waals surface area contributed by atoms with Gasteiger partial charge in [-0.3, -0.25) is 0 Å². The normalized spacial score (nSPS) is 28.0. The van der Waals surface area contributed by atoms with Crippen molar-refractivity contribution in [3.8, 4) is 0 Å². The van der Waals surface area contributed by atoms with E-state index < -0.39 is 32.4 Å². The smallest absolute Gasteiger partial charge is 0.261 e. The van der Waals surface area contributed by atoms with Gasteiger partial charge in [0.2, 0.25) is 0 Å². The van der Waals surface area contributed by atoms with Crippen LogP contribution in [0.25, 0.3) is 10.4 Å². The molecule has 8 nitrogen and oxygen atoms in total. The van der Waals surface area contributed by atoms with Gasteiger partial charge < -0.3 is 23.4 Å². The van der Waals surface area contributed by atoms with Crippen molar-refractivity contribution < 1.29 is 23.4 Å². The van der Waals surface area contributed by atoms with Crippen molar-refractivity contribution in [2.45, 2.75) is 88.9 Å². The SMILES string of the molecule is CO[C@H]1CC[C@@H](N=[N+]=[N-])[C@H]([C@@H]2OC(C)(C)O[C@H]2CO[Si](c2ccccc2)(c2ccccc2)C(C)(C)C)O1. The van der Waals surface area contributed by atoms with Crippen LogP contribution < -0.4 is 10.4 Å². The summed E-state index contributed by atoms with van der Waals surface area (Å²) in [5.41, 5.74) is 9.20. The van der Waals surface area contributed by atoms with Crippen LogP contribution in [0.15, 0.2) is 65.8 Å². The molecule has 2 saturated heterocycles. The van der Waals surface area contributed by atoms with Gasteiger partial charge in [0, 0.05) is 12.0 Å². The lowest BCUT2D eigenvalue weighted by Crippen LogP contribution is -2.67. The largest absolute Gasteiger partial charge is 0.405 e. The fraction of sp³-hybridized carbons (Fsp3) is 0.571. The van der Waals surface area contributed by atoms with Crippen LogP contribution in [-0.4, -0.2) is 58.5 Å². The summed E-state index contributed by atoms with van der Waals surface area (Å²) in [7, 11) is -1.16. The van der Waals surface area contributed by atoms with Gasteiger partial charge in [0.25, 0.3) is 8.32 Å². The topological polar surface area (TPSA) is 94.9 Å². The first-order chi connectivity index (χ1) is 17.6. The average molecular weight is 526 g/mol. The molecule has 2 aliphatic heterocycles. The third-order valence-corrected chi connectivity index (χ3v) is 12.3. The van der Waals surface area contributed by atoms with Gasteiger partial charge in [-0.2, -0.15) is 0 Å². The molecule has 5 atom stereocenters. The molecule has 2 aliphatic rings. The lowest BCUT2D eigenvalue weighted by molar-refractivity contribution is -0.223. The van der Waals surface area contributed by atoms with Gasteiger partial charge in [-0.05, 0) is 47.6 Å². The Morgan fingerprint density at radius 2 is 1.57 bits per heavy atom. The second kappa shape index (κ2) is 11.3. The maximum absolute atomic E-state index is 9.20. The van der Waals surface area contributed by atoms with Crippen LogP contribution in [0.4, 0.5) is 0 Å². The summed E-state index contributed by atoms with van der Waals surface area (Å²) in [5.74, 6) is -0.839. The molecule has 4 rings (SSSR count). The Balaban J connectivity index is 1.71. The van der Waals surface area contributed by atoms with Gasteiger partial charge in [0.05, 0.1) is 18.8 Å². The van der Waals surface area contributed by atoms with E-state index >= 15 is 0 Å². The minimum Gasteiger partial charge on any atom is -0.405 e. The van der Waals surface area contributed by atoms with E-state index in [1.807, 2.05) is 26.0 Å². The fourth-order valence-corrected chi connectivity index (χ4v) is 10.3. The highest BCUT2D eigenvalue weighted by Gasteiger charge is 2.54. The number of azide groups is 1. The predicted octanol–water partition coefficient (Wildman–Crippen LogP) is 4.91. The predicted molar refractivity (Wildman–Crippen MR) is 145 cm³/mol. The molecule has 9 heteroatoms. The van der Waals surface area contributed by atoms with E-state index in [1.54, 1.807) is 7.11 Å². The molecule has 2 aromatic rings. The van der Waals surface area contributed by atoms with Crippen molar-refractivity contribution in [1.82, 2.24) is 0 Å². The average Bonchev–Trinajstić information content (AvgIpc) is 3.19. The van der Waals surface area contributed by atoms with Crippen LogP contribution in [0.2, 0.25) is 5.04 Å². The highest BCUT2D eigenvalue weighted by atomic mass is 28.4. The number of methoxy groups -OCH3 is 1. The third-order valence-electron chi connectivity index (χ3n) is 7.28. The van der Waals surface area contributed by atoms with E-state index in [4.69, 9.17) is 23.4 Å². The van der Waals surface area contributed by atoms with E-state index in [0.717, 1.165) is 0 Å². The van der Waals surface area contributed by atoms with Crippen molar-refractivity contribution in [3.63, 3.8) is 0 Å². The molecule has 37 heavy (non-hydrogen) atoms. The van der Waals surface area contributed by atoms with Gasteiger partial charge >= 0.3 is 0 Å². The maximum Gasteiger partial charge on any atom is 0.261 e. The van der Waals surface area contributed by atoms with Crippen molar-refractivity contribution >= 4 is 18.7 Å². The number of ether oxygens (including phenoxy) is 4. The Bertz CT molecular complexity index is 1030. The van der Waals surface area contributed by atoms with Crippen LogP contribution in [0.1, 0.15) is 47.5 Å². The van der Waals surface area contributed by atoms with Gasteiger partial charge in [0.1, 0.15) is 12.2 Å². The van der Waals surface area contributed by atoms with Crippen molar-refractivity contribution in [2.24, 2.45) is 5.11 Å². The lowest BCUT2D eigenvalue weighted by atomic mass is 9.95. The first-order valence-corrected chi connectivity index (χ1v) is 14.9. The second-order valence-corrected chi connectivity index (χ2v) is 15.5. The van der Waals surface area contributed by atoms with Crippen LogP contribution in [0, 0.1) is 0 Å². The van der Waals surface area contributed by atoms with Gasteiger partial charge in [-0.1, -0.05) is 86.5 Å². The van der Waals surface area contributed by atoms with E-state index in [0.29, 0.717) is 19.4 Å². The molecule has 0 spiro atoms. The molecule has 200 valence electrons. The van der Waals surface area contributed by atoms with Gasteiger partial charge in [0.15, 0.2) is 12.1 Å². The Kier molecular flexibility index (Phi) is 8.45. The number of benzene rings is 2. The zero-order chi connectivity index (χ0) is 26.7. The highest BCUT2D eigenvalue weighted by Crippen LogP contribution is 2.40. The number of rotatable bonds is 8. The summed E-state index contributed by atoms with van der Waals surface area (Å²) in [6, 6.07) is 20.6. The van der Waals surface area contributed by atoms with E-state index in [1.165, 1.54) is 10.4 Å². The Morgan fingerprint density at radius 1 is 0.973 bits per heavy atom. The molecule has 0 aromatic heterocycles. The molecular formula is C28H39N3O5Si. The molecule has 0 bridgehead atoms. The Morgan fingerprint density at radius 3 is 2.08 bits per heavy atom. The molecule has 2 fully saturated rings. The molecule has 0 unspecified atom stereocenters. The molecule has 2 aromatic carbocycles. The van der Waals surface area contributed by atoms with Crippen LogP contribution in [0.5, 0.6) is 0 Å². The maximum atomic E-state index is 9.20. The van der Waals surface area contributed by atoms with E-state index in [9.17, 15) is 5.53 Å². The summed E-state index contributed by atoms with van der Waals surface area (Å²) in [6.07, 6.45) is -0.507. The van der Waals surface area contributed by atoms with E-state index in [-0.39, 0.29) is 17.4 Å². The molecule has 0 radical (unpaired) electrons. The first-order valence-electron chi connectivity index (χ1n) is 12.9. The van der Waals surface area contributed by atoms with Crippen molar-refractivity contribution in [3.05, 3.63) is 71.1 Å². The molecule has 0 amide bonds. The van der Waals surface area contributed by atoms with Crippen molar-refractivity contribution in [2.75, 3.05) is 13.7 Å². The number of nitrogens with zero attached hydrogens (tertiary/aromatic N) is 3. The molecule has 0 saturated carbocycles. The quantitative estimate of drug-likeness (QED) is 0.211. The highest BCUT2D eigenvalue weighted by molar-refractivity contribution is 6.99.